The summed E-state index contributed by atoms with van der Waals surface area (Å²) in [7, 11) is 0. The summed E-state index contributed by atoms with van der Waals surface area (Å²) in [5.74, 6) is -2.34. The first-order valence-electron chi connectivity index (χ1n) is 5.09. The van der Waals surface area contributed by atoms with Gasteiger partial charge in [-0.15, -0.1) is 0 Å². The van der Waals surface area contributed by atoms with Crippen molar-refractivity contribution in [2.45, 2.75) is 6.92 Å². The molecule has 2 rings (SSSR count). The van der Waals surface area contributed by atoms with Gasteiger partial charge in [-0.05, 0) is 19.1 Å². The Bertz CT molecular complexity index is 585. The van der Waals surface area contributed by atoms with Crippen molar-refractivity contribution in [2.24, 2.45) is 0 Å². The molecule has 0 atom stereocenters. The molecule has 0 aliphatic heterocycles. The van der Waals surface area contributed by atoms with E-state index in [-0.39, 0.29) is 17.1 Å². The zero-order chi connectivity index (χ0) is 13.3. The third-order valence-corrected chi connectivity index (χ3v) is 2.39. The molecule has 0 aliphatic rings. The van der Waals surface area contributed by atoms with Gasteiger partial charge in [-0.25, -0.2) is 8.78 Å². The Morgan fingerprint density at radius 2 is 2.11 bits per heavy atom. The highest BCUT2D eigenvalue weighted by Crippen LogP contribution is 2.24. The molecule has 0 aliphatic carbocycles. The van der Waals surface area contributed by atoms with Gasteiger partial charge in [0.2, 0.25) is 0 Å². The fourth-order valence-corrected chi connectivity index (χ4v) is 1.50. The Labute approximate surface area is 101 Å². The summed E-state index contributed by atoms with van der Waals surface area (Å²) >= 11 is 0. The smallest absolute Gasteiger partial charge is 0.291 e. The fourth-order valence-electron chi connectivity index (χ4n) is 1.50. The Balaban J connectivity index is 2.31. The normalized spacial score (nSPS) is 10.4. The van der Waals surface area contributed by atoms with E-state index in [1.807, 2.05) is 0 Å². The molecule has 94 valence electrons. The predicted molar refractivity (Wildman–Crippen MR) is 62.2 cm³/mol. The number of carbonyl (C=O) groups is 1. The number of nitrogen functional groups attached to an aromatic ring is 1. The topological polar surface area (TPSA) is 68.3 Å². The molecule has 0 fully saturated rings. The Kier molecular flexibility index (Phi) is 3.01. The molecule has 0 saturated carbocycles. The number of halogens is 2. The highest BCUT2D eigenvalue weighted by molar-refractivity contribution is 6.04. The van der Waals surface area contributed by atoms with Gasteiger partial charge in [-0.3, -0.25) is 4.79 Å². The number of nitrogens with one attached hydrogen (secondary N) is 1. The van der Waals surface area contributed by atoms with Crippen LogP contribution in [-0.2, 0) is 0 Å². The van der Waals surface area contributed by atoms with Crippen LogP contribution >= 0.6 is 0 Å². The number of rotatable bonds is 2. The van der Waals surface area contributed by atoms with Crippen LogP contribution in [0.1, 0.15) is 16.1 Å². The third-order valence-electron chi connectivity index (χ3n) is 2.39. The van der Waals surface area contributed by atoms with E-state index < -0.39 is 17.5 Å². The van der Waals surface area contributed by atoms with E-state index in [4.69, 9.17) is 10.2 Å². The van der Waals surface area contributed by atoms with Crippen molar-refractivity contribution in [1.82, 2.24) is 0 Å². The Morgan fingerprint density at radius 3 is 2.67 bits per heavy atom. The minimum absolute atomic E-state index is 0.0538. The van der Waals surface area contributed by atoms with E-state index in [0.29, 0.717) is 11.6 Å². The van der Waals surface area contributed by atoms with Gasteiger partial charge in [0.1, 0.15) is 11.5 Å². The van der Waals surface area contributed by atoms with Crippen molar-refractivity contribution in [3.05, 3.63) is 47.4 Å². The zero-order valence-electron chi connectivity index (χ0n) is 9.46. The summed E-state index contributed by atoms with van der Waals surface area (Å²) in [6.45, 7) is 1.67. The average molecular weight is 252 g/mol. The third kappa shape index (κ3) is 2.17. The molecule has 0 bridgehead atoms. The van der Waals surface area contributed by atoms with Crippen LogP contribution in [0.4, 0.5) is 20.2 Å². The van der Waals surface area contributed by atoms with Crippen molar-refractivity contribution in [2.75, 3.05) is 11.1 Å². The van der Waals surface area contributed by atoms with Crippen molar-refractivity contribution < 1.29 is 18.0 Å². The van der Waals surface area contributed by atoms with E-state index in [1.54, 1.807) is 13.0 Å². The molecule has 3 N–H and O–H groups in total. The van der Waals surface area contributed by atoms with Crippen LogP contribution < -0.4 is 11.1 Å². The number of hydrogen-bond donors (Lipinski definition) is 2. The van der Waals surface area contributed by atoms with E-state index in [2.05, 4.69) is 5.32 Å². The molecule has 6 heteroatoms. The first-order chi connectivity index (χ1) is 8.49. The second-order valence-electron chi connectivity index (χ2n) is 3.74. The molecule has 1 aromatic carbocycles. The van der Waals surface area contributed by atoms with Crippen LogP contribution in [0.25, 0.3) is 0 Å². The van der Waals surface area contributed by atoms with Gasteiger partial charge in [0.25, 0.3) is 5.91 Å². The number of carbonyl (C=O) groups excluding carboxylic acids is 1. The second-order valence-corrected chi connectivity index (χ2v) is 3.74. The molecular formula is C12H10F2N2O2. The Morgan fingerprint density at radius 1 is 1.39 bits per heavy atom. The molecule has 2 aromatic rings. The number of hydrogen-bond acceptors (Lipinski definition) is 3. The molecule has 0 saturated heterocycles. The number of furan rings is 1. The van der Waals surface area contributed by atoms with Gasteiger partial charge in [0.05, 0.1) is 12.0 Å². The first-order valence-corrected chi connectivity index (χ1v) is 5.09. The summed E-state index contributed by atoms with van der Waals surface area (Å²) in [6.07, 6.45) is 1.34. The molecule has 0 spiro atoms. The molecule has 4 nitrogen and oxygen atoms in total. The lowest BCUT2D eigenvalue weighted by atomic mass is 10.2. The molecule has 1 aromatic heterocycles. The van der Waals surface area contributed by atoms with Crippen molar-refractivity contribution >= 4 is 17.3 Å². The number of amides is 1. The summed E-state index contributed by atoms with van der Waals surface area (Å²) in [4.78, 5) is 11.8. The largest absolute Gasteiger partial charge is 0.459 e. The quantitative estimate of drug-likeness (QED) is 0.807. The van der Waals surface area contributed by atoms with Crippen LogP contribution in [0.2, 0.25) is 0 Å². The fraction of sp³-hybridized carbons (Fsp3) is 0.0833. The van der Waals surface area contributed by atoms with Crippen molar-refractivity contribution in [1.29, 1.82) is 0 Å². The number of benzene rings is 1. The molecule has 1 amide bonds. The summed E-state index contributed by atoms with van der Waals surface area (Å²) < 4.78 is 31.2. The molecule has 0 radical (unpaired) electrons. The van der Waals surface area contributed by atoms with Crippen LogP contribution in [0.3, 0.4) is 0 Å². The van der Waals surface area contributed by atoms with E-state index in [0.717, 1.165) is 6.07 Å². The summed E-state index contributed by atoms with van der Waals surface area (Å²) in [5.41, 5.74) is 5.59. The van der Waals surface area contributed by atoms with Gasteiger partial charge in [-0.2, -0.15) is 0 Å². The van der Waals surface area contributed by atoms with E-state index in [9.17, 15) is 13.6 Å². The zero-order valence-corrected chi connectivity index (χ0v) is 9.46. The Hall–Kier alpha value is -2.37. The van der Waals surface area contributed by atoms with Gasteiger partial charge >= 0.3 is 0 Å². The maximum absolute atomic E-state index is 13.4. The van der Waals surface area contributed by atoms with Crippen LogP contribution in [0.15, 0.2) is 28.9 Å². The van der Waals surface area contributed by atoms with E-state index >= 15 is 0 Å². The highest BCUT2D eigenvalue weighted by Gasteiger charge is 2.17. The number of aryl methyl sites for hydroxylation is 1. The highest BCUT2D eigenvalue weighted by atomic mass is 19.1. The SMILES string of the molecule is Cc1ccoc1C(=O)Nc1c(N)cc(F)cc1F. The first kappa shape index (κ1) is 12.1. The number of nitrogens with two attached hydrogens (primary N) is 1. The summed E-state index contributed by atoms with van der Waals surface area (Å²) in [6, 6.07) is 3.16. The molecule has 18 heavy (non-hydrogen) atoms. The lowest BCUT2D eigenvalue weighted by Crippen LogP contribution is -2.15. The molecule has 0 unspecified atom stereocenters. The minimum atomic E-state index is -0.940. The monoisotopic (exact) mass is 252 g/mol. The van der Waals surface area contributed by atoms with Gasteiger partial charge in [-0.1, -0.05) is 0 Å². The van der Waals surface area contributed by atoms with Crippen LogP contribution in [0, 0.1) is 18.6 Å². The molecular weight excluding hydrogens is 242 g/mol. The standard InChI is InChI=1S/C12H10F2N2O2/c1-6-2-3-18-11(6)12(17)16-10-8(14)4-7(13)5-9(10)15/h2-5H,15H2,1H3,(H,16,17). The summed E-state index contributed by atoms with van der Waals surface area (Å²) in [5, 5.41) is 2.25. The van der Waals surface area contributed by atoms with Crippen molar-refractivity contribution in [3.63, 3.8) is 0 Å². The second kappa shape index (κ2) is 4.48. The minimum Gasteiger partial charge on any atom is -0.459 e. The lowest BCUT2D eigenvalue weighted by molar-refractivity contribution is 0.0995. The van der Waals surface area contributed by atoms with Crippen molar-refractivity contribution in [3.8, 4) is 0 Å². The predicted octanol–water partition coefficient (Wildman–Crippen LogP) is 2.70. The van der Waals surface area contributed by atoms with E-state index in [1.165, 1.54) is 6.26 Å². The van der Waals surface area contributed by atoms with Gasteiger partial charge in [0, 0.05) is 11.6 Å². The van der Waals surface area contributed by atoms with Crippen LogP contribution in [-0.4, -0.2) is 5.91 Å². The lowest BCUT2D eigenvalue weighted by Gasteiger charge is -2.08. The number of anilines is 2. The maximum Gasteiger partial charge on any atom is 0.291 e. The maximum atomic E-state index is 13.4. The van der Waals surface area contributed by atoms with Gasteiger partial charge < -0.3 is 15.5 Å². The van der Waals surface area contributed by atoms with Gasteiger partial charge in [0.15, 0.2) is 11.6 Å². The van der Waals surface area contributed by atoms with Crippen LogP contribution in [0.5, 0.6) is 0 Å². The average Bonchev–Trinajstić information content (AvgIpc) is 2.69. The molecule has 1 heterocycles.